The fourth-order valence-corrected chi connectivity index (χ4v) is 3.35. The van der Waals surface area contributed by atoms with Crippen LogP contribution in [0.15, 0.2) is 4.42 Å². The summed E-state index contributed by atoms with van der Waals surface area (Å²) in [5.74, 6) is 0.613. The summed E-state index contributed by atoms with van der Waals surface area (Å²) in [5.41, 5.74) is 5.45. The number of anilines is 1. The molecule has 5 nitrogen and oxygen atoms in total. The average Bonchev–Trinajstić information content (AvgIpc) is 2.86. The summed E-state index contributed by atoms with van der Waals surface area (Å²) in [6.07, 6.45) is 9.39. The Hall–Kier alpha value is -0.750. The fourth-order valence-electron chi connectivity index (χ4n) is 2.44. The summed E-state index contributed by atoms with van der Waals surface area (Å²) in [7, 11) is 0. The summed E-state index contributed by atoms with van der Waals surface area (Å²) in [6, 6.07) is 0.525. The molecule has 1 fully saturated rings. The van der Waals surface area contributed by atoms with E-state index in [2.05, 4.69) is 21.8 Å². The van der Waals surface area contributed by atoms with Crippen LogP contribution in [0.4, 0.5) is 6.01 Å². The Kier molecular flexibility index (Phi) is 4.88. The molecule has 1 aromatic heterocycles. The van der Waals surface area contributed by atoms with Crippen molar-refractivity contribution in [2.45, 2.75) is 43.3 Å². The predicted octanol–water partition coefficient (Wildman–Crippen LogP) is 2.05. The van der Waals surface area contributed by atoms with E-state index in [1.54, 1.807) is 0 Å². The van der Waals surface area contributed by atoms with Gasteiger partial charge in [-0.15, -0.1) is 5.10 Å². The molecule has 0 spiro atoms. The minimum Gasteiger partial charge on any atom is -0.408 e. The number of nitrogens with two attached hydrogens (primary N) is 1. The second-order valence-corrected chi connectivity index (χ2v) is 6.12. The van der Waals surface area contributed by atoms with Crippen LogP contribution in [0.2, 0.25) is 0 Å². The quantitative estimate of drug-likeness (QED) is 0.824. The van der Waals surface area contributed by atoms with Crippen LogP contribution in [-0.4, -0.2) is 34.3 Å². The van der Waals surface area contributed by atoms with Crippen molar-refractivity contribution >= 4 is 17.8 Å². The molecule has 0 amide bonds. The number of nitrogens with zero attached hydrogens (tertiary/aromatic N) is 2. The van der Waals surface area contributed by atoms with Gasteiger partial charge in [0.1, 0.15) is 0 Å². The first-order valence-corrected chi connectivity index (χ1v) is 7.82. The van der Waals surface area contributed by atoms with Crippen LogP contribution in [0, 0.1) is 0 Å². The molecule has 18 heavy (non-hydrogen) atoms. The van der Waals surface area contributed by atoms with E-state index >= 15 is 0 Å². The van der Waals surface area contributed by atoms with Gasteiger partial charge in [-0.2, -0.15) is 11.8 Å². The van der Waals surface area contributed by atoms with Gasteiger partial charge in [-0.05, 0) is 19.1 Å². The molecular formula is C12H22N4OS. The molecule has 0 atom stereocenters. The molecule has 1 heterocycles. The first kappa shape index (κ1) is 13.7. The second kappa shape index (κ2) is 6.43. The van der Waals surface area contributed by atoms with Crippen molar-refractivity contribution in [3.05, 3.63) is 5.89 Å². The summed E-state index contributed by atoms with van der Waals surface area (Å²) in [5, 5.41) is 11.2. The number of rotatable bonds is 6. The van der Waals surface area contributed by atoms with Gasteiger partial charge in [-0.25, -0.2) is 0 Å². The Morgan fingerprint density at radius 3 is 2.78 bits per heavy atom. The van der Waals surface area contributed by atoms with Gasteiger partial charge in [0.05, 0.1) is 0 Å². The minimum atomic E-state index is 0.334. The van der Waals surface area contributed by atoms with Crippen LogP contribution >= 0.6 is 11.8 Å². The molecule has 1 aromatic rings. The van der Waals surface area contributed by atoms with E-state index in [0.29, 0.717) is 29.6 Å². The van der Waals surface area contributed by atoms with Gasteiger partial charge >= 0.3 is 6.01 Å². The highest BCUT2D eigenvalue weighted by molar-refractivity contribution is 8.00. The molecular weight excluding hydrogens is 248 g/mol. The lowest BCUT2D eigenvalue weighted by Gasteiger charge is -2.35. The van der Waals surface area contributed by atoms with E-state index in [0.717, 1.165) is 6.54 Å². The lowest BCUT2D eigenvalue weighted by molar-refractivity contribution is 0.406. The zero-order valence-electron chi connectivity index (χ0n) is 10.9. The zero-order valence-corrected chi connectivity index (χ0v) is 11.8. The summed E-state index contributed by atoms with van der Waals surface area (Å²) in [4.78, 5) is 0. The van der Waals surface area contributed by atoms with E-state index in [1.807, 2.05) is 11.8 Å². The maximum absolute atomic E-state index is 5.48. The molecule has 0 radical (unpaired) electrons. The Balaban J connectivity index is 1.88. The number of nitrogens with one attached hydrogen (secondary N) is 1. The van der Waals surface area contributed by atoms with Crippen molar-refractivity contribution in [3.8, 4) is 0 Å². The topological polar surface area (TPSA) is 77.0 Å². The average molecular weight is 270 g/mol. The van der Waals surface area contributed by atoms with Gasteiger partial charge in [0.25, 0.3) is 0 Å². The Morgan fingerprint density at radius 1 is 1.33 bits per heavy atom. The SMILES string of the molecule is CSC1(CNc2nnc(CCN)o2)CCCCC1. The van der Waals surface area contributed by atoms with Crippen molar-refractivity contribution in [2.24, 2.45) is 5.73 Å². The third kappa shape index (κ3) is 3.38. The van der Waals surface area contributed by atoms with Gasteiger partial charge in [0, 0.05) is 24.3 Å². The number of thioether (sulfide) groups is 1. The maximum Gasteiger partial charge on any atom is 0.315 e. The first-order chi connectivity index (χ1) is 8.78. The maximum atomic E-state index is 5.48. The van der Waals surface area contributed by atoms with Crippen LogP contribution in [-0.2, 0) is 6.42 Å². The van der Waals surface area contributed by atoms with Crippen molar-refractivity contribution in [1.82, 2.24) is 10.2 Å². The van der Waals surface area contributed by atoms with Crippen molar-refractivity contribution < 1.29 is 4.42 Å². The molecule has 1 aliphatic rings. The van der Waals surface area contributed by atoms with E-state index in [-0.39, 0.29) is 0 Å². The normalized spacial score (nSPS) is 18.8. The highest BCUT2D eigenvalue weighted by atomic mass is 32.2. The predicted molar refractivity (Wildman–Crippen MR) is 74.9 cm³/mol. The molecule has 0 bridgehead atoms. The Bertz CT molecular complexity index is 363. The smallest absolute Gasteiger partial charge is 0.315 e. The lowest BCUT2D eigenvalue weighted by Crippen LogP contribution is -2.35. The van der Waals surface area contributed by atoms with Crippen LogP contribution in [0.5, 0.6) is 0 Å². The molecule has 2 rings (SSSR count). The third-order valence-corrected chi connectivity index (χ3v) is 5.00. The van der Waals surface area contributed by atoms with Gasteiger partial charge < -0.3 is 15.5 Å². The van der Waals surface area contributed by atoms with Gasteiger partial charge in [-0.3, -0.25) is 0 Å². The second-order valence-electron chi connectivity index (χ2n) is 4.84. The first-order valence-electron chi connectivity index (χ1n) is 6.59. The van der Waals surface area contributed by atoms with E-state index in [9.17, 15) is 0 Å². The van der Waals surface area contributed by atoms with Crippen LogP contribution < -0.4 is 11.1 Å². The Morgan fingerprint density at radius 2 is 2.11 bits per heavy atom. The molecule has 6 heteroatoms. The molecule has 0 saturated heterocycles. The minimum absolute atomic E-state index is 0.334. The van der Waals surface area contributed by atoms with E-state index in [1.165, 1.54) is 32.1 Å². The molecule has 0 aromatic carbocycles. The molecule has 102 valence electrons. The number of hydrogen-bond acceptors (Lipinski definition) is 6. The summed E-state index contributed by atoms with van der Waals surface area (Å²) in [6.45, 7) is 1.44. The van der Waals surface area contributed by atoms with Gasteiger partial charge in [0.15, 0.2) is 0 Å². The fraction of sp³-hybridized carbons (Fsp3) is 0.833. The number of aromatic nitrogens is 2. The van der Waals surface area contributed by atoms with Crippen LogP contribution in [0.3, 0.4) is 0 Å². The monoisotopic (exact) mass is 270 g/mol. The molecule has 1 saturated carbocycles. The molecule has 0 aliphatic heterocycles. The van der Waals surface area contributed by atoms with E-state index in [4.69, 9.17) is 10.2 Å². The third-order valence-electron chi connectivity index (χ3n) is 3.58. The van der Waals surface area contributed by atoms with Gasteiger partial charge in [0.2, 0.25) is 5.89 Å². The largest absolute Gasteiger partial charge is 0.408 e. The molecule has 1 aliphatic carbocycles. The molecule has 3 N–H and O–H groups in total. The zero-order chi connectivity index (χ0) is 12.8. The summed E-state index contributed by atoms with van der Waals surface area (Å²) < 4.78 is 5.82. The van der Waals surface area contributed by atoms with Crippen LogP contribution in [0.1, 0.15) is 38.0 Å². The number of hydrogen-bond donors (Lipinski definition) is 2. The van der Waals surface area contributed by atoms with Gasteiger partial charge in [-0.1, -0.05) is 24.4 Å². The van der Waals surface area contributed by atoms with Crippen molar-refractivity contribution in [3.63, 3.8) is 0 Å². The summed E-state index contributed by atoms with van der Waals surface area (Å²) >= 11 is 1.96. The van der Waals surface area contributed by atoms with Crippen molar-refractivity contribution in [2.75, 3.05) is 24.7 Å². The molecule has 0 unspecified atom stereocenters. The highest BCUT2D eigenvalue weighted by Crippen LogP contribution is 2.38. The van der Waals surface area contributed by atoms with Crippen LogP contribution in [0.25, 0.3) is 0 Å². The lowest BCUT2D eigenvalue weighted by atomic mass is 9.88. The van der Waals surface area contributed by atoms with Crippen molar-refractivity contribution in [1.29, 1.82) is 0 Å². The Labute approximate surface area is 112 Å². The highest BCUT2D eigenvalue weighted by Gasteiger charge is 2.31. The standard InChI is InChI=1S/C12H22N4OS/c1-18-12(6-3-2-4-7-12)9-14-11-16-15-10(17-11)5-8-13/h2-9,13H2,1H3,(H,14,16). The van der Waals surface area contributed by atoms with E-state index < -0.39 is 0 Å².